The second kappa shape index (κ2) is 4.44. The average Bonchev–Trinajstić information content (AvgIpc) is 2.57. The highest BCUT2D eigenvalue weighted by Crippen LogP contribution is 2.24. The Morgan fingerprint density at radius 3 is 2.81 bits per heavy atom. The maximum atomic E-state index is 5.96. The maximum absolute atomic E-state index is 5.96. The van der Waals surface area contributed by atoms with Crippen LogP contribution in [0.3, 0.4) is 0 Å². The van der Waals surface area contributed by atoms with Crippen molar-refractivity contribution in [3.05, 3.63) is 29.0 Å². The monoisotopic (exact) mass is 237 g/mol. The van der Waals surface area contributed by atoms with E-state index in [-0.39, 0.29) is 0 Å². The van der Waals surface area contributed by atoms with Gasteiger partial charge in [0.05, 0.1) is 11.0 Å². The fourth-order valence-electron chi connectivity index (χ4n) is 1.93. The van der Waals surface area contributed by atoms with Crippen LogP contribution in [0.4, 0.5) is 0 Å². The predicted molar refractivity (Wildman–Crippen MR) is 67.9 cm³/mol. The van der Waals surface area contributed by atoms with Crippen molar-refractivity contribution in [2.24, 2.45) is 5.73 Å². The van der Waals surface area contributed by atoms with E-state index in [9.17, 15) is 0 Å². The van der Waals surface area contributed by atoms with Crippen LogP contribution in [-0.2, 0) is 6.54 Å². The Balaban J connectivity index is 2.65. The van der Waals surface area contributed by atoms with Crippen molar-refractivity contribution < 1.29 is 0 Å². The Labute approximate surface area is 100 Å². The van der Waals surface area contributed by atoms with Gasteiger partial charge in [-0.1, -0.05) is 25.4 Å². The Hall–Kier alpha value is -1.06. The fourth-order valence-corrected chi connectivity index (χ4v) is 2.09. The Bertz CT molecular complexity index is 502. The smallest absolute Gasteiger partial charge is 0.112 e. The van der Waals surface area contributed by atoms with Crippen molar-refractivity contribution in [3.63, 3.8) is 0 Å². The van der Waals surface area contributed by atoms with Gasteiger partial charge < -0.3 is 10.3 Å². The van der Waals surface area contributed by atoms with Crippen LogP contribution in [0.5, 0.6) is 0 Å². The number of aromatic nitrogens is 2. The van der Waals surface area contributed by atoms with Gasteiger partial charge in [0.2, 0.25) is 0 Å². The van der Waals surface area contributed by atoms with E-state index >= 15 is 0 Å². The minimum atomic E-state index is 0.387. The number of fused-ring (bicyclic) bond motifs is 1. The van der Waals surface area contributed by atoms with Gasteiger partial charge in [-0.2, -0.15) is 0 Å². The van der Waals surface area contributed by atoms with Crippen molar-refractivity contribution >= 4 is 22.6 Å². The van der Waals surface area contributed by atoms with E-state index in [1.807, 2.05) is 18.2 Å². The summed E-state index contributed by atoms with van der Waals surface area (Å²) in [5.41, 5.74) is 7.69. The molecule has 3 nitrogen and oxygen atoms in total. The highest BCUT2D eigenvalue weighted by molar-refractivity contribution is 6.31. The van der Waals surface area contributed by atoms with Gasteiger partial charge in [0.1, 0.15) is 5.82 Å². The molecule has 1 aromatic carbocycles. The zero-order valence-electron chi connectivity index (χ0n) is 9.57. The van der Waals surface area contributed by atoms with Crippen molar-refractivity contribution in [2.75, 3.05) is 6.54 Å². The van der Waals surface area contributed by atoms with E-state index in [4.69, 9.17) is 17.3 Å². The molecule has 4 heteroatoms. The van der Waals surface area contributed by atoms with Gasteiger partial charge in [0.25, 0.3) is 0 Å². The van der Waals surface area contributed by atoms with Crippen molar-refractivity contribution in [2.45, 2.75) is 26.3 Å². The van der Waals surface area contributed by atoms with Crippen molar-refractivity contribution in [3.8, 4) is 0 Å². The second-order valence-electron chi connectivity index (χ2n) is 4.20. The molecule has 2 N–H and O–H groups in total. The lowest BCUT2D eigenvalue weighted by Gasteiger charge is -2.09. The van der Waals surface area contributed by atoms with E-state index in [1.165, 1.54) is 0 Å². The van der Waals surface area contributed by atoms with E-state index in [2.05, 4.69) is 23.4 Å². The normalized spacial score (nSPS) is 11.6. The number of nitrogens with zero attached hydrogens (tertiary/aromatic N) is 2. The highest BCUT2D eigenvalue weighted by atomic mass is 35.5. The molecular formula is C12H16ClN3. The zero-order chi connectivity index (χ0) is 11.7. The van der Waals surface area contributed by atoms with Crippen LogP contribution in [0.2, 0.25) is 5.02 Å². The second-order valence-corrected chi connectivity index (χ2v) is 4.63. The summed E-state index contributed by atoms with van der Waals surface area (Å²) in [6.45, 7) is 5.69. The first-order chi connectivity index (χ1) is 7.63. The van der Waals surface area contributed by atoms with Crippen LogP contribution in [0.25, 0.3) is 11.0 Å². The molecule has 0 amide bonds. The SMILES string of the molecule is CC(C)c1nc2cc(Cl)ccc2n1CCN. The van der Waals surface area contributed by atoms with Crippen LogP contribution in [0.1, 0.15) is 25.6 Å². The van der Waals surface area contributed by atoms with Crippen molar-refractivity contribution in [1.29, 1.82) is 0 Å². The number of nitrogens with two attached hydrogens (primary N) is 1. The number of halogens is 1. The van der Waals surface area contributed by atoms with Gasteiger partial charge in [0, 0.05) is 24.0 Å². The molecule has 0 saturated heterocycles. The van der Waals surface area contributed by atoms with E-state index in [1.54, 1.807) is 0 Å². The van der Waals surface area contributed by atoms with E-state index in [0.717, 1.165) is 28.4 Å². The summed E-state index contributed by atoms with van der Waals surface area (Å²) in [6.07, 6.45) is 0. The molecule has 0 radical (unpaired) electrons. The molecule has 86 valence electrons. The molecule has 0 spiro atoms. The summed E-state index contributed by atoms with van der Waals surface area (Å²) in [5.74, 6) is 1.46. The molecule has 2 rings (SSSR count). The van der Waals surface area contributed by atoms with Crippen LogP contribution in [0.15, 0.2) is 18.2 Å². The number of rotatable bonds is 3. The lowest BCUT2D eigenvalue weighted by atomic mass is 10.2. The van der Waals surface area contributed by atoms with Crippen LogP contribution in [-0.4, -0.2) is 16.1 Å². The van der Waals surface area contributed by atoms with Crippen molar-refractivity contribution in [1.82, 2.24) is 9.55 Å². The summed E-state index contributed by atoms with van der Waals surface area (Å²) in [4.78, 5) is 4.61. The molecule has 1 aromatic heterocycles. The predicted octanol–water partition coefficient (Wildman–Crippen LogP) is 2.77. The molecule has 2 aromatic rings. The van der Waals surface area contributed by atoms with Crippen LogP contribution < -0.4 is 5.73 Å². The molecule has 1 heterocycles. The zero-order valence-corrected chi connectivity index (χ0v) is 10.3. The number of hydrogen-bond acceptors (Lipinski definition) is 2. The Kier molecular flexibility index (Phi) is 3.17. The lowest BCUT2D eigenvalue weighted by Crippen LogP contribution is -2.13. The van der Waals surface area contributed by atoms with Gasteiger partial charge in [-0.25, -0.2) is 4.98 Å². The molecule has 0 aliphatic heterocycles. The van der Waals surface area contributed by atoms with Gasteiger partial charge in [-0.05, 0) is 18.2 Å². The summed E-state index contributed by atoms with van der Waals surface area (Å²) < 4.78 is 2.18. The molecule has 0 aliphatic rings. The number of benzene rings is 1. The van der Waals surface area contributed by atoms with E-state index in [0.29, 0.717) is 12.5 Å². The topological polar surface area (TPSA) is 43.8 Å². The largest absolute Gasteiger partial charge is 0.329 e. The van der Waals surface area contributed by atoms with Gasteiger partial charge in [-0.3, -0.25) is 0 Å². The number of hydrogen-bond donors (Lipinski definition) is 1. The summed E-state index contributed by atoms with van der Waals surface area (Å²) >= 11 is 5.96. The van der Waals surface area contributed by atoms with Gasteiger partial charge >= 0.3 is 0 Å². The third kappa shape index (κ3) is 1.93. The molecule has 0 atom stereocenters. The van der Waals surface area contributed by atoms with E-state index < -0.39 is 0 Å². The standard InChI is InChI=1S/C12H16ClN3/c1-8(2)12-15-10-7-9(13)3-4-11(10)16(12)6-5-14/h3-4,7-8H,5-6,14H2,1-2H3. The van der Waals surface area contributed by atoms with Gasteiger partial charge in [-0.15, -0.1) is 0 Å². The molecule has 0 bridgehead atoms. The average molecular weight is 238 g/mol. The summed E-state index contributed by atoms with van der Waals surface area (Å²) in [7, 11) is 0. The quantitative estimate of drug-likeness (QED) is 0.892. The first-order valence-corrected chi connectivity index (χ1v) is 5.87. The Morgan fingerprint density at radius 1 is 1.44 bits per heavy atom. The van der Waals surface area contributed by atoms with Crippen LogP contribution in [0, 0.1) is 0 Å². The lowest BCUT2D eigenvalue weighted by molar-refractivity contribution is 0.642. The molecule has 16 heavy (non-hydrogen) atoms. The first-order valence-electron chi connectivity index (χ1n) is 5.49. The summed E-state index contributed by atoms with van der Waals surface area (Å²) in [6, 6.07) is 5.80. The maximum Gasteiger partial charge on any atom is 0.112 e. The molecule has 0 saturated carbocycles. The summed E-state index contributed by atoms with van der Waals surface area (Å²) in [5, 5.41) is 0.722. The number of imidazole rings is 1. The molecule has 0 fully saturated rings. The minimum absolute atomic E-state index is 0.387. The third-order valence-electron chi connectivity index (χ3n) is 2.61. The molecular weight excluding hydrogens is 222 g/mol. The molecule has 0 unspecified atom stereocenters. The van der Waals surface area contributed by atoms with Gasteiger partial charge in [0.15, 0.2) is 0 Å². The molecule has 0 aliphatic carbocycles. The third-order valence-corrected chi connectivity index (χ3v) is 2.84. The Morgan fingerprint density at radius 2 is 2.19 bits per heavy atom. The minimum Gasteiger partial charge on any atom is -0.329 e. The fraction of sp³-hybridized carbons (Fsp3) is 0.417. The van der Waals surface area contributed by atoms with Crippen LogP contribution >= 0.6 is 11.6 Å². The first kappa shape index (κ1) is 11.4. The highest BCUT2D eigenvalue weighted by Gasteiger charge is 2.12.